The lowest BCUT2D eigenvalue weighted by atomic mass is 10.1. The molecule has 6 heteroatoms. The van der Waals surface area contributed by atoms with Gasteiger partial charge in [0.15, 0.2) is 11.6 Å². The van der Waals surface area contributed by atoms with E-state index in [-0.39, 0.29) is 0 Å². The molecule has 2 heterocycles. The Labute approximate surface area is 184 Å². The van der Waals surface area contributed by atoms with E-state index >= 15 is 0 Å². The average Bonchev–Trinajstić information content (AvgIpc) is 3.50. The molecule has 0 atom stereocenters. The van der Waals surface area contributed by atoms with Gasteiger partial charge in [-0.25, -0.2) is 4.68 Å². The lowest BCUT2D eigenvalue weighted by molar-refractivity contribution is 0.823. The third-order valence-electron chi connectivity index (χ3n) is 5.43. The largest absolute Gasteiger partial charge is 0.275 e. The molecule has 0 N–H and O–H groups in total. The molecule has 0 fully saturated rings. The van der Waals surface area contributed by atoms with Crippen LogP contribution in [-0.2, 0) is 0 Å². The monoisotopic (exact) mass is 414 g/mol. The Morgan fingerprint density at radius 2 is 1.19 bits per heavy atom. The SMILES string of the molecule is c1ccc(-c2nnc(-c3ccccc3-n3nnc4ccccc43)n2-c2ccccc2)cc1. The maximum atomic E-state index is 4.64. The summed E-state index contributed by atoms with van der Waals surface area (Å²) in [5.41, 5.74) is 5.58. The minimum absolute atomic E-state index is 0.741. The van der Waals surface area contributed by atoms with Gasteiger partial charge in [0.2, 0.25) is 0 Å². The van der Waals surface area contributed by atoms with Crippen molar-refractivity contribution < 1.29 is 0 Å². The predicted molar refractivity (Wildman–Crippen MR) is 125 cm³/mol. The maximum Gasteiger partial charge on any atom is 0.171 e. The van der Waals surface area contributed by atoms with Gasteiger partial charge in [-0.15, -0.1) is 15.3 Å². The summed E-state index contributed by atoms with van der Waals surface area (Å²) in [6, 6.07) is 36.3. The molecule has 6 aromatic rings. The number of aromatic nitrogens is 6. The van der Waals surface area contributed by atoms with Gasteiger partial charge in [-0.3, -0.25) is 4.57 Å². The molecular weight excluding hydrogens is 396 g/mol. The van der Waals surface area contributed by atoms with Crippen LogP contribution in [0.1, 0.15) is 0 Å². The molecule has 6 nitrogen and oxygen atoms in total. The van der Waals surface area contributed by atoms with Gasteiger partial charge in [-0.1, -0.05) is 78.0 Å². The van der Waals surface area contributed by atoms with Crippen molar-refractivity contribution in [1.82, 2.24) is 29.8 Å². The molecule has 152 valence electrons. The van der Waals surface area contributed by atoms with Crippen molar-refractivity contribution in [3.63, 3.8) is 0 Å². The van der Waals surface area contributed by atoms with Crippen LogP contribution in [0.5, 0.6) is 0 Å². The third kappa shape index (κ3) is 2.97. The van der Waals surface area contributed by atoms with Crippen molar-refractivity contribution in [1.29, 1.82) is 0 Å². The molecule has 0 aliphatic heterocycles. The van der Waals surface area contributed by atoms with Crippen LogP contribution in [0.15, 0.2) is 109 Å². The Morgan fingerprint density at radius 1 is 0.531 bits per heavy atom. The summed E-state index contributed by atoms with van der Waals surface area (Å²) in [4.78, 5) is 0. The highest BCUT2D eigenvalue weighted by atomic mass is 15.4. The highest BCUT2D eigenvalue weighted by Gasteiger charge is 2.20. The van der Waals surface area contributed by atoms with Gasteiger partial charge in [0.05, 0.1) is 11.2 Å². The Hall–Kier alpha value is -4.58. The lowest BCUT2D eigenvalue weighted by Crippen LogP contribution is -2.04. The molecule has 0 saturated heterocycles. The van der Waals surface area contributed by atoms with E-state index in [4.69, 9.17) is 0 Å². The zero-order valence-electron chi connectivity index (χ0n) is 17.1. The third-order valence-corrected chi connectivity index (χ3v) is 5.43. The number of benzene rings is 4. The van der Waals surface area contributed by atoms with Crippen molar-refractivity contribution in [3.05, 3.63) is 109 Å². The molecule has 0 aliphatic carbocycles. The Bertz CT molecular complexity index is 1520. The van der Waals surface area contributed by atoms with Crippen molar-refractivity contribution in [3.8, 4) is 34.2 Å². The highest BCUT2D eigenvalue weighted by molar-refractivity contribution is 5.80. The molecule has 0 unspecified atom stereocenters. The number of rotatable bonds is 4. The Morgan fingerprint density at radius 3 is 2.03 bits per heavy atom. The number of nitrogens with zero attached hydrogens (tertiary/aromatic N) is 6. The van der Waals surface area contributed by atoms with Crippen LogP contribution < -0.4 is 0 Å². The second-order valence-corrected chi connectivity index (χ2v) is 7.39. The van der Waals surface area contributed by atoms with Gasteiger partial charge in [0.25, 0.3) is 0 Å². The van der Waals surface area contributed by atoms with Crippen molar-refractivity contribution in [2.75, 3.05) is 0 Å². The summed E-state index contributed by atoms with van der Waals surface area (Å²) in [5, 5.41) is 18.0. The van der Waals surface area contributed by atoms with Crippen LogP contribution in [0.25, 0.3) is 45.2 Å². The second-order valence-electron chi connectivity index (χ2n) is 7.39. The van der Waals surface area contributed by atoms with E-state index in [0.29, 0.717) is 0 Å². The topological polar surface area (TPSA) is 61.4 Å². The van der Waals surface area contributed by atoms with Crippen molar-refractivity contribution in [2.45, 2.75) is 0 Å². The molecule has 0 radical (unpaired) electrons. The van der Waals surface area contributed by atoms with E-state index in [9.17, 15) is 0 Å². The fourth-order valence-electron chi connectivity index (χ4n) is 3.95. The number of para-hydroxylation sites is 3. The summed E-state index contributed by atoms with van der Waals surface area (Å²) in [6.45, 7) is 0. The predicted octanol–water partition coefficient (Wildman–Crippen LogP) is 5.34. The molecule has 0 saturated carbocycles. The zero-order valence-corrected chi connectivity index (χ0v) is 17.1. The van der Waals surface area contributed by atoms with E-state index in [2.05, 4.69) is 37.2 Å². The van der Waals surface area contributed by atoms with Crippen LogP contribution in [0.4, 0.5) is 0 Å². The molecular formula is C26H18N6. The second kappa shape index (κ2) is 7.59. The Kier molecular flexibility index (Phi) is 4.32. The summed E-state index contributed by atoms with van der Waals surface area (Å²) in [5.74, 6) is 1.52. The number of hydrogen-bond acceptors (Lipinski definition) is 4. The smallest absolute Gasteiger partial charge is 0.171 e. The molecule has 0 amide bonds. The van der Waals surface area contributed by atoms with Crippen LogP contribution in [-0.4, -0.2) is 29.8 Å². The molecule has 0 bridgehead atoms. The fraction of sp³-hybridized carbons (Fsp3) is 0. The first kappa shape index (κ1) is 18.2. The molecule has 0 spiro atoms. The van der Waals surface area contributed by atoms with Gasteiger partial charge in [0.1, 0.15) is 5.52 Å². The summed E-state index contributed by atoms with van der Waals surface area (Å²) in [6.07, 6.45) is 0. The highest BCUT2D eigenvalue weighted by Crippen LogP contribution is 2.32. The van der Waals surface area contributed by atoms with E-state index in [1.165, 1.54) is 0 Å². The van der Waals surface area contributed by atoms with Crippen LogP contribution in [0, 0.1) is 0 Å². The molecule has 6 rings (SSSR count). The molecule has 0 aliphatic rings. The first-order valence-corrected chi connectivity index (χ1v) is 10.4. The summed E-state index contributed by atoms with van der Waals surface area (Å²) < 4.78 is 3.95. The van der Waals surface area contributed by atoms with E-state index < -0.39 is 0 Å². The van der Waals surface area contributed by atoms with E-state index in [1.807, 2.05) is 102 Å². The molecule has 2 aromatic heterocycles. The average molecular weight is 414 g/mol. The first-order chi connectivity index (χ1) is 15.9. The quantitative estimate of drug-likeness (QED) is 0.391. The first-order valence-electron chi connectivity index (χ1n) is 10.4. The normalized spacial score (nSPS) is 11.1. The van der Waals surface area contributed by atoms with E-state index in [1.54, 1.807) is 0 Å². The van der Waals surface area contributed by atoms with Gasteiger partial charge >= 0.3 is 0 Å². The number of fused-ring (bicyclic) bond motifs is 1. The summed E-state index contributed by atoms with van der Waals surface area (Å²) >= 11 is 0. The standard InChI is InChI=1S/C26H18N6/c1-3-11-19(12-4-1)25-28-29-26(31(25)20-13-5-2-6-14-20)21-15-7-9-17-23(21)32-24-18-10-8-16-22(24)27-30-32/h1-18H. The maximum absolute atomic E-state index is 4.64. The van der Waals surface area contributed by atoms with Gasteiger partial charge < -0.3 is 0 Å². The fourth-order valence-corrected chi connectivity index (χ4v) is 3.95. The minimum Gasteiger partial charge on any atom is -0.275 e. The summed E-state index contributed by atoms with van der Waals surface area (Å²) in [7, 11) is 0. The Balaban J connectivity index is 1.62. The van der Waals surface area contributed by atoms with Gasteiger partial charge in [-0.05, 0) is 36.4 Å². The van der Waals surface area contributed by atoms with Crippen molar-refractivity contribution >= 4 is 11.0 Å². The van der Waals surface area contributed by atoms with Crippen LogP contribution in [0.3, 0.4) is 0 Å². The van der Waals surface area contributed by atoms with Gasteiger partial charge in [-0.2, -0.15) is 0 Å². The molecule has 4 aromatic carbocycles. The minimum atomic E-state index is 0.741. The lowest BCUT2D eigenvalue weighted by Gasteiger charge is -2.13. The molecule has 32 heavy (non-hydrogen) atoms. The zero-order chi connectivity index (χ0) is 21.3. The van der Waals surface area contributed by atoms with Crippen LogP contribution in [0.2, 0.25) is 0 Å². The van der Waals surface area contributed by atoms with Gasteiger partial charge in [0, 0.05) is 16.8 Å². The number of hydrogen-bond donors (Lipinski definition) is 0. The van der Waals surface area contributed by atoms with Crippen LogP contribution >= 0.6 is 0 Å². The van der Waals surface area contributed by atoms with E-state index in [0.717, 1.165) is 45.2 Å². The van der Waals surface area contributed by atoms with Crippen molar-refractivity contribution in [2.24, 2.45) is 0 Å².